The van der Waals surface area contributed by atoms with Gasteiger partial charge in [0.2, 0.25) is 26.0 Å². The Bertz CT molecular complexity index is 1240. The molecule has 0 radical (unpaired) electrons. The van der Waals surface area contributed by atoms with Crippen LogP contribution >= 0.6 is 0 Å². The maximum atomic E-state index is 13.4. The molecule has 1 aliphatic heterocycles. The first-order valence-corrected chi connectivity index (χ1v) is 12.8. The number of hydrogen-bond acceptors (Lipinski definition) is 5. The minimum Gasteiger partial charge on any atom is -0.326 e. The van der Waals surface area contributed by atoms with Crippen molar-refractivity contribution in [1.29, 1.82) is 0 Å². The zero-order valence-corrected chi connectivity index (χ0v) is 18.8. The zero-order chi connectivity index (χ0) is 23.7. The first-order valence-electron chi connectivity index (χ1n) is 9.85. The summed E-state index contributed by atoms with van der Waals surface area (Å²) in [5.41, 5.74) is 0.800. The first kappa shape index (κ1) is 24.2. The van der Waals surface area contributed by atoms with Gasteiger partial charge in [-0.2, -0.15) is 4.31 Å². The molecular weight excluding hydrogens is 464 g/mol. The molecule has 0 aromatic heterocycles. The quantitative estimate of drug-likeness (QED) is 0.646. The molecule has 1 aliphatic rings. The second kappa shape index (κ2) is 9.22. The predicted molar refractivity (Wildman–Crippen MR) is 114 cm³/mol. The van der Waals surface area contributed by atoms with Crippen LogP contribution in [0.1, 0.15) is 25.3 Å². The summed E-state index contributed by atoms with van der Waals surface area (Å²) in [5.74, 6) is -3.28. The normalized spacial score (nSPS) is 16.1. The highest BCUT2D eigenvalue weighted by Gasteiger charge is 2.32. The molecule has 32 heavy (non-hydrogen) atoms. The van der Waals surface area contributed by atoms with Crippen LogP contribution in [0.5, 0.6) is 0 Å². The number of carbonyl (C=O) groups is 1. The van der Waals surface area contributed by atoms with E-state index in [-0.39, 0.29) is 47.3 Å². The fourth-order valence-corrected chi connectivity index (χ4v) is 5.93. The van der Waals surface area contributed by atoms with Gasteiger partial charge < -0.3 is 5.32 Å². The van der Waals surface area contributed by atoms with Crippen LogP contribution in [0.4, 0.5) is 14.5 Å². The maximum Gasteiger partial charge on any atom is 0.243 e. The van der Waals surface area contributed by atoms with Crippen LogP contribution in [0.3, 0.4) is 0 Å². The highest BCUT2D eigenvalue weighted by molar-refractivity contribution is 7.89. The Morgan fingerprint density at radius 3 is 2.28 bits per heavy atom. The summed E-state index contributed by atoms with van der Waals surface area (Å²) >= 11 is 0. The lowest BCUT2D eigenvalue weighted by Crippen LogP contribution is -2.41. The molecule has 1 amide bonds. The summed E-state index contributed by atoms with van der Waals surface area (Å²) in [6.07, 6.45) is 0.874. The van der Waals surface area contributed by atoms with E-state index in [4.69, 9.17) is 5.14 Å². The lowest BCUT2D eigenvalue weighted by Gasteiger charge is -2.30. The number of rotatable bonds is 6. The molecule has 3 N–H and O–H groups in total. The van der Waals surface area contributed by atoms with Crippen molar-refractivity contribution in [1.82, 2.24) is 4.31 Å². The van der Waals surface area contributed by atoms with Crippen LogP contribution in [-0.2, 0) is 31.3 Å². The standard InChI is InChI=1S/C20H23F2N3O5S2/c1-2-13-3-4-15(11-19(13)31(23,27)28)24-20(26)14-7-9-25(10-8-14)32(29,30)16-5-6-17(21)18(22)12-16/h3-6,11-12,14H,2,7-10H2,1H3,(H,24,26)(H2,23,27,28). The van der Waals surface area contributed by atoms with Crippen LogP contribution in [0.25, 0.3) is 0 Å². The minimum atomic E-state index is -4.02. The number of nitrogens with zero attached hydrogens (tertiary/aromatic N) is 1. The van der Waals surface area contributed by atoms with E-state index in [1.165, 1.54) is 6.07 Å². The third kappa shape index (κ3) is 5.14. The van der Waals surface area contributed by atoms with Gasteiger partial charge in [0.15, 0.2) is 11.6 Å². The SMILES string of the molecule is CCc1ccc(NC(=O)C2CCN(S(=O)(=O)c3ccc(F)c(F)c3)CC2)cc1S(N)(=O)=O. The molecule has 1 heterocycles. The third-order valence-electron chi connectivity index (χ3n) is 5.38. The second-order valence-corrected chi connectivity index (χ2v) is 10.9. The lowest BCUT2D eigenvalue weighted by molar-refractivity contribution is -0.120. The number of halogens is 2. The molecular formula is C20H23F2N3O5S2. The van der Waals surface area contributed by atoms with Crippen molar-refractivity contribution in [3.8, 4) is 0 Å². The van der Waals surface area contributed by atoms with Gasteiger partial charge in [-0.25, -0.2) is 30.8 Å². The fraction of sp³-hybridized carbons (Fsp3) is 0.350. The number of piperidine rings is 1. The number of amides is 1. The monoisotopic (exact) mass is 487 g/mol. The Kier molecular flexibility index (Phi) is 6.98. The fourth-order valence-electron chi connectivity index (χ4n) is 3.58. The molecule has 0 bridgehead atoms. The number of hydrogen-bond donors (Lipinski definition) is 2. The van der Waals surface area contributed by atoms with Crippen LogP contribution in [0.15, 0.2) is 46.2 Å². The lowest BCUT2D eigenvalue weighted by atomic mass is 9.97. The van der Waals surface area contributed by atoms with Crippen LogP contribution in [0, 0.1) is 17.6 Å². The Hall–Kier alpha value is -2.41. The second-order valence-electron chi connectivity index (χ2n) is 7.46. The van der Waals surface area contributed by atoms with Crippen molar-refractivity contribution in [2.75, 3.05) is 18.4 Å². The molecule has 0 unspecified atom stereocenters. The van der Waals surface area contributed by atoms with Gasteiger partial charge in [-0.15, -0.1) is 0 Å². The summed E-state index contributed by atoms with van der Waals surface area (Å²) < 4.78 is 76.6. The van der Waals surface area contributed by atoms with Crippen molar-refractivity contribution in [3.63, 3.8) is 0 Å². The average Bonchev–Trinajstić information content (AvgIpc) is 2.75. The molecule has 1 fully saturated rings. The number of aryl methyl sites for hydroxylation is 1. The van der Waals surface area contributed by atoms with Crippen molar-refractivity contribution in [2.45, 2.75) is 36.0 Å². The smallest absolute Gasteiger partial charge is 0.243 e. The van der Waals surface area contributed by atoms with Crippen LogP contribution in [-0.4, -0.2) is 40.1 Å². The molecule has 8 nitrogen and oxygen atoms in total. The molecule has 3 rings (SSSR count). The van der Waals surface area contributed by atoms with Crippen molar-refractivity contribution >= 4 is 31.6 Å². The summed E-state index contributed by atoms with van der Waals surface area (Å²) in [5, 5.41) is 7.91. The largest absolute Gasteiger partial charge is 0.326 e. The summed E-state index contributed by atoms with van der Waals surface area (Å²) in [6.45, 7) is 1.83. The topological polar surface area (TPSA) is 127 Å². The molecule has 0 spiro atoms. The number of anilines is 1. The number of benzene rings is 2. The van der Waals surface area contributed by atoms with Gasteiger partial charge in [-0.05, 0) is 55.2 Å². The summed E-state index contributed by atoms with van der Waals surface area (Å²) in [4.78, 5) is 12.2. The number of primary sulfonamides is 1. The van der Waals surface area contributed by atoms with Crippen LogP contribution in [0.2, 0.25) is 0 Å². The van der Waals surface area contributed by atoms with E-state index in [0.717, 1.165) is 16.4 Å². The number of sulfonamides is 2. The summed E-state index contributed by atoms with van der Waals surface area (Å²) in [6, 6.07) is 6.83. The van der Waals surface area contributed by atoms with E-state index < -0.39 is 37.6 Å². The van der Waals surface area contributed by atoms with Gasteiger partial charge >= 0.3 is 0 Å². The molecule has 12 heteroatoms. The van der Waals surface area contributed by atoms with E-state index in [9.17, 15) is 30.4 Å². The molecule has 0 saturated carbocycles. The van der Waals surface area contributed by atoms with Crippen molar-refractivity contribution in [3.05, 3.63) is 53.6 Å². The zero-order valence-electron chi connectivity index (χ0n) is 17.2. The van der Waals surface area contributed by atoms with E-state index in [0.29, 0.717) is 18.1 Å². The predicted octanol–water partition coefficient (Wildman–Crippen LogP) is 2.21. The molecule has 0 atom stereocenters. The van der Waals surface area contributed by atoms with E-state index >= 15 is 0 Å². The van der Waals surface area contributed by atoms with Crippen LogP contribution < -0.4 is 10.5 Å². The Balaban J connectivity index is 1.68. The van der Waals surface area contributed by atoms with Gasteiger partial charge in [0.05, 0.1) is 9.79 Å². The third-order valence-corrected chi connectivity index (χ3v) is 8.26. The molecule has 2 aromatic carbocycles. The highest BCUT2D eigenvalue weighted by atomic mass is 32.2. The number of nitrogens with two attached hydrogens (primary N) is 1. The minimum absolute atomic E-state index is 0.0244. The van der Waals surface area contributed by atoms with Gasteiger partial charge in [-0.1, -0.05) is 13.0 Å². The van der Waals surface area contributed by atoms with Gasteiger partial charge in [-0.3, -0.25) is 4.79 Å². The average molecular weight is 488 g/mol. The van der Waals surface area contributed by atoms with Gasteiger partial charge in [0.1, 0.15) is 0 Å². The molecule has 2 aromatic rings. The summed E-state index contributed by atoms with van der Waals surface area (Å²) in [7, 11) is -7.98. The Morgan fingerprint density at radius 1 is 1.06 bits per heavy atom. The Morgan fingerprint density at radius 2 is 1.72 bits per heavy atom. The van der Waals surface area contributed by atoms with Crippen molar-refractivity contribution < 1.29 is 30.4 Å². The van der Waals surface area contributed by atoms with Gasteiger partial charge in [0.25, 0.3) is 0 Å². The first-order chi connectivity index (χ1) is 14.9. The molecule has 1 saturated heterocycles. The Labute approximate surface area is 185 Å². The van der Waals surface area contributed by atoms with Gasteiger partial charge in [0, 0.05) is 24.7 Å². The number of nitrogens with one attached hydrogen (secondary N) is 1. The van der Waals surface area contributed by atoms with E-state index in [1.54, 1.807) is 19.1 Å². The highest BCUT2D eigenvalue weighted by Crippen LogP contribution is 2.27. The van der Waals surface area contributed by atoms with Crippen molar-refractivity contribution in [2.24, 2.45) is 11.1 Å². The van der Waals surface area contributed by atoms with E-state index in [2.05, 4.69) is 5.32 Å². The molecule has 0 aliphatic carbocycles. The number of carbonyl (C=O) groups excluding carboxylic acids is 1. The van der Waals surface area contributed by atoms with E-state index in [1.807, 2.05) is 0 Å². The molecule has 174 valence electrons. The maximum absolute atomic E-state index is 13.4.